The van der Waals surface area contributed by atoms with E-state index in [-0.39, 0.29) is 5.91 Å². The van der Waals surface area contributed by atoms with Crippen molar-refractivity contribution in [1.29, 1.82) is 0 Å². The molecule has 0 spiro atoms. The van der Waals surface area contributed by atoms with Crippen LogP contribution in [0.3, 0.4) is 0 Å². The Balaban J connectivity index is 1.68. The standard InChI is InChI=1S/C17H12Cl2N4O/c18-11-4-3-5-12(10-11)20-15-8-9-16(23-22-15)21-17(24)13-6-1-2-7-14(13)19/h1-10H,(H,20,22)(H,21,23,24). The number of aromatic nitrogens is 2. The molecule has 0 saturated heterocycles. The zero-order valence-corrected chi connectivity index (χ0v) is 13.8. The summed E-state index contributed by atoms with van der Waals surface area (Å²) >= 11 is 11.9. The molecule has 1 heterocycles. The molecule has 0 aliphatic heterocycles. The normalized spacial score (nSPS) is 10.2. The zero-order valence-electron chi connectivity index (χ0n) is 12.3. The largest absolute Gasteiger partial charge is 0.339 e. The first-order valence-electron chi connectivity index (χ1n) is 7.04. The van der Waals surface area contributed by atoms with Crippen LogP contribution in [0.25, 0.3) is 0 Å². The molecule has 24 heavy (non-hydrogen) atoms. The Morgan fingerprint density at radius 2 is 1.62 bits per heavy atom. The number of nitrogens with one attached hydrogen (secondary N) is 2. The van der Waals surface area contributed by atoms with Crippen molar-refractivity contribution in [2.75, 3.05) is 10.6 Å². The van der Waals surface area contributed by atoms with E-state index in [0.29, 0.717) is 27.2 Å². The molecule has 1 aromatic heterocycles. The lowest BCUT2D eigenvalue weighted by Crippen LogP contribution is -2.14. The molecular formula is C17H12Cl2N4O. The van der Waals surface area contributed by atoms with Crippen LogP contribution in [0, 0.1) is 0 Å². The summed E-state index contributed by atoms with van der Waals surface area (Å²) in [6.45, 7) is 0. The highest BCUT2D eigenvalue weighted by molar-refractivity contribution is 6.34. The molecule has 120 valence electrons. The molecule has 0 atom stereocenters. The van der Waals surface area contributed by atoms with E-state index in [1.807, 2.05) is 12.1 Å². The van der Waals surface area contributed by atoms with E-state index in [1.165, 1.54) is 0 Å². The number of carbonyl (C=O) groups excluding carboxylic acids is 1. The third-order valence-corrected chi connectivity index (χ3v) is 3.69. The van der Waals surface area contributed by atoms with E-state index in [2.05, 4.69) is 20.8 Å². The second-order valence-corrected chi connectivity index (χ2v) is 5.72. The minimum absolute atomic E-state index is 0.330. The number of amides is 1. The Bertz CT molecular complexity index is 868. The number of hydrogen-bond acceptors (Lipinski definition) is 4. The molecule has 3 rings (SSSR count). The number of halogens is 2. The fourth-order valence-electron chi connectivity index (χ4n) is 2.01. The summed E-state index contributed by atoms with van der Waals surface area (Å²) in [5.41, 5.74) is 1.17. The monoisotopic (exact) mass is 358 g/mol. The average Bonchev–Trinajstić information content (AvgIpc) is 2.57. The van der Waals surface area contributed by atoms with Gasteiger partial charge in [-0.15, -0.1) is 10.2 Å². The van der Waals surface area contributed by atoms with Crippen LogP contribution in [0.4, 0.5) is 17.3 Å². The van der Waals surface area contributed by atoms with Crippen LogP contribution in [0.15, 0.2) is 60.7 Å². The summed E-state index contributed by atoms with van der Waals surface area (Å²) in [6.07, 6.45) is 0. The van der Waals surface area contributed by atoms with Gasteiger partial charge in [-0.1, -0.05) is 41.4 Å². The maximum Gasteiger partial charge on any atom is 0.258 e. The Kier molecular flexibility index (Phi) is 4.93. The number of carbonyl (C=O) groups is 1. The van der Waals surface area contributed by atoms with Crippen molar-refractivity contribution in [3.05, 3.63) is 76.3 Å². The van der Waals surface area contributed by atoms with Crippen molar-refractivity contribution in [1.82, 2.24) is 10.2 Å². The van der Waals surface area contributed by atoms with Gasteiger partial charge in [0, 0.05) is 10.7 Å². The van der Waals surface area contributed by atoms with Crippen molar-refractivity contribution < 1.29 is 4.79 Å². The third-order valence-electron chi connectivity index (χ3n) is 3.12. The van der Waals surface area contributed by atoms with Gasteiger partial charge in [-0.3, -0.25) is 4.79 Å². The second kappa shape index (κ2) is 7.29. The summed E-state index contributed by atoms with van der Waals surface area (Å²) in [7, 11) is 0. The molecule has 0 aliphatic rings. The highest BCUT2D eigenvalue weighted by Gasteiger charge is 2.10. The van der Waals surface area contributed by atoms with Crippen molar-refractivity contribution in [2.24, 2.45) is 0 Å². The summed E-state index contributed by atoms with van der Waals surface area (Å²) in [4.78, 5) is 12.2. The van der Waals surface area contributed by atoms with Crippen LogP contribution in [-0.2, 0) is 0 Å². The molecule has 0 unspecified atom stereocenters. The molecule has 0 saturated carbocycles. The van der Waals surface area contributed by atoms with Crippen molar-refractivity contribution in [2.45, 2.75) is 0 Å². The SMILES string of the molecule is O=C(Nc1ccc(Nc2cccc(Cl)c2)nn1)c1ccccc1Cl. The molecule has 3 aromatic rings. The van der Waals surface area contributed by atoms with Crippen molar-refractivity contribution in [3.63, 3.8) is 0 Å². The molecule has 0 fully saturated rings. The lowest BCUT2D eigenvalue weighted by Gasteiger charge is -2.07. The number of nitrogens with zero attached hydrogens (tertiary/aromatic N) is 2. The quantitative estimate of drug-likeness (QED) is 0.704. The van der Waals surface area contributed by atoms with Gasteiger partial charge in [-0.05, 0) is 42.5 Å². The minimum Gasteiger partial charge on any atom is -0.339 e. The summed E-state index contributed by atoms with van der Waals surface area (Å²) in [6, 6.07) is 17.4. The van der Waals surface area contributed by atoms with E-state index < -0.39 is 0 Å². The van der Waals surface area contributed by atoms with E-state index in [4.69, 9.17) is 23.2 Å². The fourth-order valence-corrected chi connectivity index (χ4v) is 2.42. The van der Waals surface area contributed by atoms with Crippen molar-refractivity contribution >= 4 is 46.4 Å². The Morgan fingerprint density at radius 1 is 0.875 bits per heavy atom. The first-order chi connectivity index (χ1) is 11.6. The summed E-state index contributed by atoms with van der Waals surface area (Å²) in [5, 5.41) is 14.7. The summed E-state index contributed by atoms with van der Waals surface area (Å²) < 4.78 is 0. The van der Waals surface area contributed by atoms with Gasteiger partial charge in [0.05, 0.1) is 10.6 Å². The van der Waals surface area contributed by atoms with Crippen LogP contribution in [-0.4, -0.2) is 16.1 Å². The molecule has 7 heteroatoms. The van der Waals surface area contributed by atoms with E-state index in [9.17, 15) is 4.79 Å². The molecular weight excluding hydrogens is 347 g/mol. The van der Waals surface area contributed by atoms with E-state index >= 15 is 0 Å². The fraction of sp³-hybridized carbons (Fsp3) is 0. The Labute approximate surface area is 148 Å². The van der Waals surface area contributed by atoms with Gasteiger partial charge in [0.25, 0.3) is 5.91 Å². The maximum atomic E-state index is 12.2. The van der Waals surface area contributed by atoms with Gasteiger partial charge < -0.3 is 10.6 Å². The molecule has 0 radical (unpaired) electrons. The summed E-state index contributed by atoms with van der Waals surface area (Å²) in [5.74, 6) is 0.523. The predicted molar refractivity (Wildman–Crippen MR) is 96.2 cm³/mol. The smallest absolute Gasteiger partial charge is 0.258 e. The van der Waals surface area contributed by atoms with Crippen LogP contribution >= 0.6 is 23.2 Å². The first-order valence-corrected chi connectivity index (χ1v) is 7.79. The Morgan fingerprint density at radius 3 is 2.33 bits per heavy atom. The highest BCUT2D eigenvalue weighted by atomic mass is 35.5. The number of rotatable bonds is 4. The average molecular weight is 359 g/mol. The van der Waals surface area contributed by atoms with Gasteiger partial charge >= 0.3 is 0 Å². The third kappa shape index (κ3) is 4.01. The topological polar surface area (TPSA) is 66.9 Å². The lowest BCUT2D eigenvalue weighted by atomic mass is 10.2. The second-order valence-electron chi connectivity index (χ2n) is 4.87. The molecule has 0 bridgehead atoms. The lowest BCUT2D eigenvalue weighted by molar-refractivity contribution is 0.102. The van der Waals surface area contributed by atoms with Gasteiger partial charge in [0.2, 0.25) is 0 Å². The molecule has 2 aromatic carbocycles. The predicted octanol–water partition coefficient (Wildman–Crippen LogP) is 4.78. The molecule has 5 nitrogen and oxygen atoms in total. The van der Waals surface area contributed by atoms with Crippen LogP contribution < -0.4 is 10.6 Å². The molecule has 1 amide bonds. The zero-order chi connectivity index (χ0) is 16.9. The van der Waals surface area contributed by atoms with Crippen LogP contribution in [0.2, 0.25) is 10.0 Å². The Hall–Kier alpha value is -2.63. The first kappa shape index (κ1) is 16.2. The molecule has 2 N–H and O–H groups in total. The van der Waals surface area contributed by atoms with E-state index in [1.54, 1.807) is 48.5 Å². The van der Waals surface area contributed by atoms with Crippen LogP contribution in [0.5, 0.6) is 0 Å². The van der Waals surface area contributed by atoms with Gasteiger partial charge in [-0.25, -0.2) is 0 Å². The van der Waals surface area contributed by atoms with Gasteiger partial charge in [0.15, 0.2) is 11.6 Å². The number of benzene rings is 2. The van der Waals surface area contributed by atoms with Gasteiger partial charge in [-0.2, -0.15) is 0 Å². The van der Waals surface area contributed by atoms with Gasteiger partial charge in [0.1, 0.15) is 0 Å². The maximum absolute atomic E-state index is 12.2. The van der Waals surface area contributed by atoms with E-state index in [0.717, 1.165) is 5.69 Å². The highest BCUT2D eigenvalue weighted by Crippen LogP contribution is 2.20. The number of anilines is 3. The molecule has 0 aliphatic carbocycles. The van der Waals surface area contributed by atoms with Crippen LogP contribution in [0.1, 0.15) is 10.4 Å². The minimum atomic E-state index is -0.342. The number of hydrogen-bond donors (Lipinski definition) is 2. The van der Waals surface area contributed by atoms with Crippen molar-refractivity contribution in [3.8, 4) is 0 Å².